The van der Waals surface area contributed by atoms with Crippen LogP contribution in [-0.4, -0.2) is 42.0 Å². The number of anilines is 1. The van der Waals surface area contributed by atoms with Gasteiger partial charge in [0.1, 0.15) is 11.6 Å². The molecule has 0 N–H and O–H groups in total. The molecule has 1 amide bonds. The third-order valence-electron chi connectivity index (χ3n) is 4.64. The van der Waals surface area contributed by atoms with Crippen molar-refractivity contribution in [2.24, 2.45) is 5.92 Å². The smallest absolute Gasteiger partial charge is 0.226 e. The van der Waals surface area contributed by atoms with Crippen molar-refractivity contribution in [1.29, 1.82) is 0 Å². The first-order valence-electron chi connectivity index (χ1n) is 7.91. The van der Waals surface area contributed by atoms with Gasteiger partial charge in [0.05, 0.1) is 11.3 Å². The number of hydrogen-bond donors (Lipinski definition) is 0. The Hall–Kier alpha value is -2.01. The summed E-state index contributed by atoms with van der Waals surface area (Å²) < 4.78 is 5.41. The SMILES string of the molecule is O=C([C@@H]1C[C@H]1c1ccco1)N1CCN(c2ccc(Cl)cn2)CC1. The van der Waals surface area contributed by atoms with Gasteiger partial charge in [-0.2, -0.15) is 0 Å². The van der Waals surface area contributed by atoms with E-state index in [1.54, 1.807) is 12.5 Å². The van der Waals surface area contributed by atoms with Gasteiger partial charge in [0, 0.05) is 44.2 Å². The number of pyridine rings is 1. The molecule has 2 atom stereocenters. The molecular weight excluding hydrogens is 314 g/mol. The number of carbonyl (C=O) groups is 1. The molecule has 1 aliphatic heterocycles. The second-order valence-corrected chi connectivity index (χ2v) is 6.55. The number of carbonyl (C=O) groups excluding carboxylic acids is 1. The highest BCUT2D eigenvalue weighted by atomic mass is 35.5. The third-order valence-corrected chi connectivity index (χ3v) is 4.87. The molecule has 0 bridgehead atoms. The van der Waals surface area contributed by atoms with Crippen molar-refractivity contribution in [2.45, 2.75) is 12.3 Å². The van der Waals surface area contributed by atoms with Crippen LogP contribution in [0.1, 0.15) is 18.1 Å². The Morgan fingerprint density at radius 1 is 1.22 bits per heavy atom. The molecule has 6 heteroatoms. The van der Waals surface area contributed by atoms with E-state index in [1.165, 1.54) is 0 Å². The minimum atomic E-state index is 0.0985. The van der Waals surface area contributed by atoms with Crippen molar-refractivity contribution >= 4 is 23.3 Å². The van der Waals surface area contributed by atoms with Crippen molar-refractivity contribution in [1.82, 2.24) is 9.88 Å². The maximum Gasteiger partial charge on any atom is 0.226 e. The Labute approximate surface area is 139 Å². The average molecular weight is 332 g/mol. The summed E-state index contributed by atoms with van der Waals surface area (Å²) in [5.74, 6) is 2.48. The monoisotopic (exact) mass is 331 g/mol. The van der Waals surface area contributed by atoms with Crippen LogP contribution >= 0.6 is 11.6 Å². The van der Waals surface area contributed by atoms with Gasteiger partial charge in [0.25, 0.3) is 0 Å². The van der Waals surface area contributed by atoms with E-state index < -0.39 is 0 Å². The molecule has 2 fully saturated rings. The Morgan fingerprint density at radius 2 is 2.04 bits per heavy atom. The zero-order chi connectivity index (χ0) is 15.8. The minimum Gasteiger partial charge on any atom is -0.469 e. The second-order valence-electron chi connectivity index (χ2n) is 6.11. The van der Waals surface area contributed by atoms with E-state index in [0.717, 1.165) is 44.2 Å². The van der Waals surface area contributed by atoms with Crippen LogP contribution < -0.4 is 4.90 Å². The molecular formula is C17H18ClN3O2. The Kier molecular flexibility index (Phi) is 3.73. The normalized spacial score (nSPS) is 23.9. The lowest BCUT2D eigenvalue weighted by atomic mass is 10.2. The lowest BCUT2D eigenvalue weighted by molar-refractivity contribution is -0.133. The van der Waals surface area contributed by atoms with E-state index in [0.29, 0.717) is 5.02 Å². The van der Waals surface area contributed by atoms with Crippen LogP contribution in [0.5, 0.6) is 0 Å². The van der Waals surface area contributed by atoms with Crippen LogP contribution in [0.2, 0.25) is 5.02 Å². The number of furan rings is 1. The largest absolute Gasteiger partial charge is 0.469 e. The summed E-state index contributed by atoms with van der Waals surface area (Å²) in [6.45, 7) is 3.09. The standard InChI is InChI=1S/C17H18ClN3O2/c18-12-3-4-16(19-11-12)20-5-7-21(8-6-20)17(22)14-10-13(14)15-2-1-9-23-15/h1-4,9,11,13-14H,5-8,10H2/t13-,14-/m1/s1. The van der Waals surface area contributed by atoms with E-state index >= 15 is 0 Å². The van der Waals surface area contributed by atoms with E-state index in [4.69, 9.17) is 16.0 Å². The average Bonchev–Trinajstić information content (AvgIpc) is 3.20. The molecule has 3 heterocycles. The maximum absolute atomic E-state index is 12.6. The first kappa shape index (κ1) is 14.6. The first-order valence-corrected chi connectivity index (χ1v) is 8.29. The van der Waals surface area contributed by atoms with Gasteiger partial charge in [-0.1, -0.05) is 11.6 Å². The molecule has 1 aliphatic carbocycles. The number of hydrogen-bond acceptors (Lipinski definition) is 4. The first-order chi connectivity index (χ1) is 11.2. The fourth-order valence-corrected chi connectivity index (χ4v) is 3.34. The highest BCUT2D eigenvalue weighted by Crippen LogP contribution is 2.48. The van der Waals surface area contributed by atoms with Gasteiger partial charge in [0.15, 0.2) is 0 Å². The summed E-state index contributed by atoms with van der Waals surface area (Å²) in [5, 5.41) is 0.639. The van der Waals surface area contributed by atoms with Crippen molar-refractivity contribution in [2.75, 3.05) is 31.1 Å². The molecule has 0 aromatic carbocycles. The molecule has 120 valence electrons. The van der Waals surface area contributed by atoms with Crippen LogP contribution in [0.4, 0.5) is 5.82 Å². The van der Waals surface area contributed by atoms with Gasteiger partial charge < -0.3 is 14.2 Å². The molecule has 0 unspecified atom stereocenters. The number of piperazine rings is 1. The minimum absolute atomic E-state index is 0.0985. The predicted molar refractivity (Wildman–Crippen MR) is 87.6 cm³/mol. The van der Waals surface area contributed by atoms with E-state index in [2.05, 4.69) is 9.88 Å². The fraction of sp³-hybridized carbons (Fsp3) is 0.412. The van der Waals surface area contributed by atoms with Crippen LogP contribution in [0.15, 0.2) is 41.1 Å². The third kappa shape index (κ3) is 2.93. The summed E-state index contributed by atoms with van der Waals surface area (Å²) in [6, 6.07) is 7.61. The molecule has 1 saturated heterocycles. The molecule has 4 rings (SSSR count). The lowest BCUT2D eigenvalue weighted by Gasteiger charge is -2.35. The molecule has 23 heavy (non-hydrogen) atoms. The molecule has 2 aromatic heterocycles. The van der Waals surface area contributed by atoms with Crippen molar-refractivity contribution in [3.8, 4) is 0 Å². The van der Waals surface area contributed by atoms with Gasteiger partial charge in [-0.3, -0.25) is 4.79 Å². The Bertz CT molecular complexity index is 678. The fourth-order valence-electron chi connectivity index (χ4n) is 3.23. The summed E-state index contributed by atoms with van der Waals surface area (Å²) in [4.78, 5) is 21.1. The van der Waals surface area contributed by atoms with Crippen LogP contribution in [0.3, 0.4) is 0 Å². The van der Waals surface area contributed by atoms with E-state index in [-0.39, 0.29) is 17.7 Å². The summed E-state index contributed by atoms with van der Waals surface area (Å²) in [6.07, 6.45) is 4.24. The van der Waals surface area contributed by atoms with Crippen LogP contribution in [0.25, 0.3) is 0 Å². The highest BCUT2D eigenvalue weighted by molar-refractivity contribution is 6.30. The lowest BCUT2D eigenvalue weighted by Crippen LogP contribution is -2.49. The van der Waals surface area contributed by atoms with Gasteiger partial charge in [0.2, 0.25) is 5.91 Å². The van der Waals surface area contributed by atoms with Crippen LogP contribution in [0, 0.1) is 5.92 Å². The quantitative estimate of drug-likeness (QED) is 0.867. The molecule has 0 spiro atoms. The number of nitrogens with zero attached hydrogens (tertiary/aromatic N) is 3. The molecule has 0 radical (unpaired) electrons. The highest BCUT2D eigenvalue weighted by Gasteiger charge is 2.47. The van der Waals surface area contributed by atoms with Gasteiger partial charge in [-0.15, -0.1) is 0 Å². The summed E-state index contributed by atoms with van der Waals surface area (Å²) in [5.41, 5.74) is 0. The van der Waals surface area contributed by atoms with Crippen molar-refractivity contribution in [3.05, 3.63) is 47.5 Å². The molecule has 2 aliphatic rings. The van der Waals surface area contributed by atoms with Crippen molar-refractivity contribution < 1.29 is 9.21 Å². The van der Waals surface area contributed by atoms with E-state index in [9.17, 15) is 4.79 Å². The van der Waals surface area contributed by atoms with Gasteiger partial charge >= 0.3 is 0 Å². The zero-order valence-electron chi connectivity index (χ0n) is 12.7. The summed E-state index contributed by atoms with van der Waals surface area (Å²) >= 11 is 5.87. The molecule has 5 nitrogen and oxygen atoms in total. The maximum atomic E-state index is 12.6. The Morgan fingerprint density at radius 3 is 2.70 bits per heavy atom. The zero-order valence-corrected chi connectivity index (χ0v) is 13.4. The van der Waals surface area contributed by atoms with Gasteiger partial charge in [-0.25, -0.2) is 4.98 Å². The number of aromatic nitrogens is 1. The van der Waals surface area contributed by atoms with Gasteiger partial charge in [-0.05, 0) is 30.7 Å². The number of rotatable bonds is 3. The number of amides is 1. The predicted octanol–water partition coefficient (Wildman–Crippen LogP) is 2.78. The topological polar surface area (TPSA) is 49.6 Å². The van der Waals surface area contributed by atoms with Crippen molar-refractivity contribution in [3.63, 3.8) is 0 Å². The second kappa shape index (κ2) is 5.89. The Balaban J connectivity index is 1.33. The van der Waals surface area contributed by atoms with Crippen LogP contribution in [-0.2, 0) is 4.79 Å². The van der Waals surface area contributed by atoms with E-state index in [1.807, 2.05) is 29.2 Å². The molecule has 2 aromatic rings. The summed E-state index contributed by atoms with van der Waals surface area (Å²) in [7, 11) is 0. The number of halogens is 1. The molecule has 1 saturated carbocycles.